The number of aromatic nitrogens is 2. The lowest BCUT2D eigenvalue weighted by atomic mass is 10.2. The van der Waals surface area contributed by atoms with E-state index in [1.165, 1.54) is 11.5 Å². The van der Waals surface area contributed by atoms with E-state index in [1.54, 1.807) is 0 Å². The van der Waals surface area contributed by atoms with E-state index in [1.807, 2.05) is 6.92 Å². The summed E-state index contributed by atoms with van der Waals surface area (Å²) in [6.07, 6.45) is 0.833. The molecule has 0 amide bonds. The van der Waals surface area contributed by atoms with Crippen LogP contribution in [0.1, 0.15) is 23.7 Å². The molecule has 0 saturated carbocycles. The topological polar surface area (TPSA) is 72.0 Å². The van der Waals surface area contributed by atoms with Gasteiger partial charge in [0.1, 0.15) is 10.8 Å². The molecule has 0 aliphatic rings. The molecule has 1 atom stereocenters. The zero-order valence-corrected chi connectivity index (χ0v) is 7.84. The molecule has 1 unspecified atom stereocenters. The van der Waals surface area contributed by atoms with Crippen LogP contribution in [-0.4, -0.2) is 27.6 Å². The van der Waals surface area contributed by atoms with Gasteiger partial charge in [-0.05, 0) is 11.5 Å². The molecular formula is C7H13N3OS. The summed E-state index contributed by atoms with van der Waals surface area (Å²) in [5.74, 6) is 0.796. The first-order valence-corrected chi connectivity index (χ1v) is 4.72. The Kier molecular flexibility index (Phi) is 3.58. The van der Waals surface area contributed by atoms with Gasteiger partial charge in [-0.2, -0.15) is 4.37 Å². The predicted molar refractivity (Wildman–Crippen MR) is 48.2 cm³/mol. The number of nitrogens with two attached hydrogens (primary N) is 1. The smallest absolute Gasteiger partial charge is 0.142 e. The molecule has 5 heteroatoms. The molecule has 0 bridgehead atoms. The van der Waals surface area contributed by atoms with Gasteiger partial charge in [0.2, 0.25) is 0 Å². The van der Waals surface area contributed by atoms with Crippen LogP contribution < -0.4 is 5.73 Å². The first-order chi connectivity index (χ1) is 5.81. The van der Waals surface area contributed by atoms with Crippen LogP contribution in [-0.2, 0) is 6.42 Å². The summed E-state index contributed by atoms with van der Waals surface area (Å²) in [7, 11) is 0. The summed E-state index contributed by atoms with van der Waals surface area (Å²) in [6.45, 7) is 2.48. The third kappa shape index (κ3) is 2.00. The highest BCUT2D eigenvalue weighted by molar-refractivity contribution is 7.05. The molecule has 0 radical (unpaired) electrons. The highest BCUT2D eigenvalue weighted by Gasteiger charge is 2.13. The second kappa shape index (κ2) is 4.49. The van der Waals surface area contributed by atoms with E-state index in [2.05, 4.69) is 9.36 Å². The average molecular weight is 187 g/mol. The maximum atomic E-state index is 8.92. The van der Waals surface area contributed by atoms with Crippen LogP contribution in [0.15, 0.2) is 0 Å². The molecule has 1 aromatic heterocycles. The number of rotatable bonds is 4. The fourth-order valence-electron chi connectivity index (χ4n) is 0.830. The number of nitrogens with zero attached hydrogens (tertiary/aromatic N) is 2. The van der Waals surface area contributed by atoms with Crippen molar-refractivity contribution in [3.05, 3.63) is 10.8 Å². The van der Waals surface area contributed by atoms with E-state index in [9.17, 15) is 0 Å². The zero-order chi connectivity index (χ0) is 8.97. The van der Waals surface area contributed by atoms with Gasteiger partial charge in [-0.15, -0.1) is 0 Å². The van der Waals surface area contributed by atoms with E-state index in [-0.39, 0.29) is 12.5 Å². The SMILES string of the molecule is CCc1nsc(C(CN)CO)n1. The predicted octanol–water partition coefficient (Wildman–Crippen LogP) is 0.135. The maximum Gasteiger partial charge on any atom is 0.142 e. The van der Waals surface area contributed by atoms with Crippen molar-refractivity contribution in [2.75, 3.05) is 13.2 Å². The first kappa shape index (κ1) is 9.57. The summed E-state index contributed by atoms with van der Waals surface area (Å²) >= 11 is 1.33. The van der Waals surface area contributed by atoms with E-state index in [4.69, 9.17) is 10.8 Å². The normalized spacial score (nSPS) is 13.2. The van der Waals surface area contributed by atoms with Crippen LogP contribution in [0.2, 0.25) is 0 Å². The van der Waals surface area contributed by atoms with E-state index in [0.717, 1.165) is 17.3 Å². The average Bonchev–Trinajstić information content (AvgIpc) is 2.55. The minimum atomic E-state index is -0.0391. The molecule has 0 aliphatic heterocycles. The summed E-state index contributed by atoms with van der Waals surface area (Å²) < 4.78 is 4.12. The van der Waals surface area contributed by atoms with Crippen molar-refractivity contribution in [3.63, 3.8) is 0 Å². The molecule has 12 heavy (non-hydrogen) atoms. The Balaban J connectivity index is 2.72. The van der Waals surface area contributed by atoms with Crippen molar-refractivity contribution >= 4 is 11.5 Å². The Morgan fingerprint density at radius 2 is 2.42 bits per heavy atom. The van der Waals surface area contributed by atoms with E-state index in [0.29, 0.717) is 6.54 Å². The Morgan fingerprint density at radius 1 is 1.67 bits per heavy atom. The molecule has 68 valence electrons. The Labute approximate surface area is 75.6 Å². The van der Waals surface area contributed by atoms with Crippen LogP contribution in [0.5, 0.6) is 0 Å². The lowest BCUT2D eigenvalue weighted by Crippen LogP contribution is -2.15. The van der Waals surface area contributed by atoms with Crippen molar-refractivity contribution in [2.24, 2.45) is 5.73 Å². The lowest BCUT2D eigenvalue weighted by Gasteiger charge is -2.04. The van der Waals surface area contributed by atoms with Gasteiger partial charge in [0.05, 0.1) is 6.61 Å². The highest BCUT2D eigenvalue weighted by atomic mass is 32.1. The molecule has 4 nitrogen and oxygen atoms in total. The van der Waals surface area contributed by atoms with Crippen LogP contribution in [0.25, 0.3) is 0 Å². The van der Waals surface area contributed by atoms with Gasteiger partial charge in [0.25, 0.3) is 0 Å². The van der Waals surface area contributed by atoms with Crippen molar-refractivity contribution in [2.45, 2.75) is 19.3 Å². The summed E-state index contributed by atoms with van der Waals surface area (Å²) in [6, 6.07) is 0. The molecular weight excluding hydrogens is 174 g/mol. The van der Waals surface area contributed by atoms with Gasteiger partial charge in [-0.1, -0.05) is 6.92 Å². The van der Waals surface area contributed by atoms with Crippen molar-refractivity contribution in [1.82, 2.24) is 9.36 Å². The quantitative estimate of drug-likeness (QED) is 0.703. The van der Waals surface area contributed by atoms with Crippen molar-refractivity contribution in [3.8, 4) is 0 Å². The second-order valence-corrected chi connectivity index (χ2v) is 3.30. The minimum Gasteiger partial charge on any atom is -0.396 e. The molecule has 1 aromatic rings. The van der Waals surface area contributed by atoms with Crippen LogP contribution in [0.4, 0.5) is 0 Å². The first-order valence-electron chi connectivity index (χ1n) is 3.95. The molecule has 1 rings (SSSR count). The zero-order valence-electron chi connectivity index (χ0n) is 7.03. The summed E-state index contributed by atoms with van der Waals surface area (Å²) in [5.41, 5.74) is 5.44. The number of aliphatic hydroxyl groups is 1. The monoisotopic (exact) mass is 187 g/mol. The second-order valence-electron chi connectivity index (χ2n) is 2.52. The van der Waals surface area contributed by atoms with Gasteiger partial charge < -0.3 is 10.8 Å². The van der Waals surface area contributed by atoms with Gasteiger partial charge in [-0.25, -0.2) is 4.98 Å². The summed E-state index contributed by atoms with van der Waals surface area (Å²) in [5, 5.41) is 9.76. The molecule has 1 heterocycles. The number of aryl methyl sites for hydroxylation is 1. The fraction of sp³-hybridized carbons (Fsp3) is 0.714. The molecule has 0 aromatic carbocycles. The third-order valence-electron chi connectivity index (χ3n) is 1.65. The molecule has 0 fully saturated rings. The standard InChI is InChI=1S/C7H13N3OS/c1-2-6-9-7(12-10-6)5(3-8)4-11/h5,11H,2-4,8H2,1H3. The highest BCUT2D eigenvalue weighted by Crippen LogP contribution is 2.16. The van der Waals surface area contributed by atoms with Gasteiger partial charge in [0, 0.05) is 18.9 Å². The summed E-state index contributed by atoms with van der Waals surface area (Å²) in [4.78, 5) is 4.24. The van der Waals surface area contributed by atoms with Crippen LogP contribution >= 0.6 is 11.5 Å². The minimum absolute atomic E-state index is 0.0391. The lowest BCUT2D eigenvalue weighted by molar-refractivity contribution is 0.267. The van der Waals surface area contributed by atoms with Crippen molar-refractivity contribution < 1.29 is 5.11 Å². The molecule has 3 N–H and O–H groups in total. The van der Waals surface area contributed by atoms with Gasteiger partial charge in [0.15, 0.2) is 0 Å². The van der Waals surface area contributed by atoms with Crippen molar-refractivity contribution in [1.29, 1.82) is 0 Å². The molecule has 0 spiro atoms. The number of hydrogen-bond acceptors (Lipinski definition) is 5. The van der Waals surface area contributed by atoms with Crippen LogP contribution in [0, 0.1) is 0 Å². The Hall–Kier alpha value is -0.520. The Morgan fingerprint density at radius 3 is 2.83 bits per heavy atom. The van der Waals surface area contributed by atoms with Crippen LogP contribution in [0.3, 0.4) is 0 Å². The number of hydrogen-bond donors (Lipinski definition) is 2. The largest absolute Gasteiger partial charge is 0.396 e. The van der Waals surface area contributed by atoms with Gasteiger partial charge in [-0.3, -0.25) is 0 Å². The molecule has 0 saturated heterocycles. The third-order valence-corrected chi connectivity index (χ3v) is 2.57. The van der Waals surface area contributed by atoms with E-state index >= 15 is 0 Å². The fourth-order valence-corrected chi connectivity index (χ4v) is 1.67. The molecule has 0 aliphatic carbocycles. The Bertz CT molecular complexity index is 234. The van der Waals surface area contributed by atoms with Gasteiger partial charge >= 0.3 is 0 Å². The maximum absolute atomic E-state index is 8.92. The number of aliphatic hydroxyl groups excluding tert-OH is 1. The van der Waals surface area contributed by atoms with E-state index < -0.39 is 0 Å².